The van der Waals surface area contributed by atoms with Gasteiger partial charge in [-0.25, -0.2) is 0 Å². The number of hydrogen-bond donors (Lipinski definition) is 3. The van der Waals surface area contributed by atoms with E-state index in [1.165, 1.54) is 18.3 Å². The molecule has 76 valence electrons. The van der Waals surface area contributed by atoms with Crippen LogP contribution in [0.2, 0.25) is 0 Å². The summed E-state index contributed by atoms with van der Waals surface area (Å²) in [6, 6.07) is 2.70. The van der Waals surface area contributed by atoms with Crippen molar-refractivity contribution >= 4 is 5.91 Å². The molecule has 0 spiro atoms. The average Bonchev–Trinajstić information content (AvgIpc) is 2.18. The molecule has 1 rings (SSSR count). The van der Waals surface area contributed by atoms with E-state index < -0.39 is 0 Å². The Balaban J connectivity index is 2.70. The lowest BCUT2D eigenvalue weighted by atomic mass is 10.2. The molecule has 0 saturated heterocycles. The molecule has 4 N–H and O–H groups in total. The number of nitrogens with one attached hydrogen (secondary N) is 2. The maximum atomic E-state index is 11.4. The second-order valence-corrected chi connectivity index (χ2v) is 3.05. The lowest BCUT2D eigenvalue weighted by Gasteiger charge is -2.10. The topological polar surface area (TPSA) is 88.0 Å². The monoisotopic (exact) mass is 195 g/mol. The van der Waals surface area contributed by atoms with Crippen LogP contribution < -0.4 is 16.6 Å². The average molecular weight is 195 g/mol. The van der Waals surface area contributed by atoms with Crippen LogP contribution >= 0.6 is 0 Å². The first-order valence-corrected chi connectivity index (χ1v) is 4.33. The highest BCUT2D eigenvalue weighted by molar-refractivity contribution is 5.93. The van der Waals surface area contributed by atoms with Crippen molar-refractivity contribution in [2.24, 2.45) is 5.73 Å². The molecule has 0 aliphatic rings. The van der Waals surface area contributed by atoms with E-state index in [-0.39, 0.29) is 17.5 Å². The molecule has 0 bridgehead atoms. The molecule has 1 aromatic heterocycles. The quantitative estimate of drug-likeness (QED) is 0.604. The molecule has 1 heterocycles. The minimum atomic E-state index is -0.237. The molecule has 0 aliphatic heterocycles. The summed E-state index contributed by atoms with van der Waals surface area (Å²) in [5, 5.41) is 2.68. The molecule has 0 aliphatic carbocycles. The van der Waals surface area contributed by atoms with Crippen LogP contribution in [-0.4, -0.2) is 23.5 Å². The Hall–Kier alpha value is -1.62. The second-order valence-electron chi connectivity index (χ2n) is 3.05. The molecule has 0 fully saturated rings. The summed E-state index contributed by atoms with van der Waals surface area (Å²) in [5.74, 6) is -0.237. The zero-order chi connectivity index (χ0) is 10.6. The highest BCUT2D eigenvalue weighted by Gasteiger charge is 2.07. The number of H-pyrrole nitrogens is 1. The van der Waals surface area contributed by atoms with Gasteiger partial charge >= 0.3 is 0 Å². The van der Waals surface area contributed by atoms with E-state index in [2.05, 4.69) is 10.3 Å². The van der Waals surface area contributed by atoms with E-state index in [1.807, 2.05) is 6.92 Å². The van der Waals surface area contributed by atoms with Crippen molar-refractivity contribution in [3.05, 3.63) is 34.2 Å². The van der Waals surface area contributed by atoms with Crippen LogP contribution in [0.5, 0.6) is 0 Å². The van der Waals surface area contributed by atoms with Crippen molar-refractivity contribution < 1.29 is 4.79 Å². The van der Waals surface area contributed by atoms with Crippen LogP contribution in [-0.2, 0) is 0 Å². The fraction of sp³-hybridized carbons (Fsp3) is 0.333. The van der Waals surface area contributed by atoms with Crippen molar-refractivity contribution in [1.82, 2.24) is 10.3 Å². The molecule has 5 nitrogen and oxygen atoms in total. The van der Waals surface area contributed by atoms with Crippen molar-refractivity contribution in [1.29, 1.82) is 0 Å². The normalized spacial score (nSPS) is 12.1. The third kappa shape index (κ3) is 2.70. The van der Waals surface area contributed by atoms with Crippen LogP contribution in [0.25, 0.3) is 0 Å². The van der Waals surface area contributed by atoms with Gasteiger partial charge in [0.25, 0.3) is 5.91 Å². The Morgan fingerprint density at radius 3 is 2.86 bits per heavy atom. The fourth-order valence-electron chi connectivity index (χ4n) is 0.918. The standard InChI is InChI=1S/C9H13N3O2/c1-6(4-10)12-9(14)7-2-3-8(13)11-5-7/h2-3,5-6H,4,10H2,1H3,(H,11,13)(H,12,14)/t6-/m0/s1. The first-order chi connectivity index (χ1) is 6.63. The smallest absolute Gasteiger partial charge is 0.253 e. The van der Waals surface area contributed by atoms with E-state index in [0.29, 0.717) is 12.1 Å². The maximum Gasteiger partial charge on any atom is 0.253 e. The van der Waals surface area contributed by atoms with E-state index in [4.69, 9.17) is 5.73 Å². The van der Waals surface area contributed by atoms with Gasteiger partial charge in [-0.3, -0.25) is 9.59 Å². The minimum Gasteiger partial charge on any atom is -0.348 e. The van der Waals surface area contributed by atoms with Gasteiger partial charge in [0.1, 0.15) is 0 Å². The van der Waals surface area contributed by atoms with Gasteiger partial charge in [-0.1, -0.05) is 0 Å². The number of amides is 1. The number of rotatable bonds is 3. The number of aromatic nitrogens is 1. The van der Waals surface area contributed by atoms with Gasteiger partial charge in [-0.05, 0) is 13.0 Å². The molecule has 1 amide bonds. The third-order valence-electron chi connectivity index (χ3n) is 1.78. The molecule has 5 heteroatoms. The van der Waals surface area contributed by atoms with E-state index >= 15 is 0 Å². The summed E-state index contributed by atoms with van der Waals surface area (Å²) in [6.07, 6.45) is 1.38. The highest BCUT2D eigenvalue weighted by Crippen LogP contribution is 1.93. The number of carbonyl (C=O) groups is 1. The molecule has 1 atom stereocenters. The zero-order valence-corrected chi connectivity index (χ0v) is 7.91. The van der Waals surface area contributed by atoms with Gasteiger partial charge < -0.3 is 16.0 Å². The zero-order valence-electron chi connectivity index (χ0n) is 7.91. The number of carbonyl (C=O) groups excluding carboxylic acids is 1. The first kappa shape index (κ1) is 10.5. The molecule has 14 heavy (non-hydrogen) atoms. The van der Waals surface area contributed by atoms with Crippen LogP contribution in [0.15, 0.2) is 23.1 Å². The van der Waals surface area contributed by atoms with E-state index in [1.54, 1.807) is 0 Å². The van der Waals surface area contributed by atoms with E-state index in [9.17, 15) is 9.59 Å². The minimum absolute atomic E-state index is 0.0746. The highest BCUT2D eigenvalue weighted by atomic mass is 16.2. The molecule has 0 saturated carbocycles. The van der Waals surface area contributed by atoms with Gasteiger partial charge in [0.15, 0.2) is 0 Å². The molecular formula is C9H13N3O2. The predicted octanol–water partition coefficient (Wildman–Crippen LogP) is -0.548. The van der Waals surface area contributed by atoms with Crippen LogP contribution in [0.3, 0.4) is 0 Å². The molecule has 0 radical (unpaired) electrons. The van der Waals surface area contributed by atoms with Crippen LogP contribution in [0.1, 0.15) is 17.3 Å². The number of aromatic amines is 1. The summed E-state index contributed by atoms with van der Waals surface area (Å²) in [6.45, 7) is 2.19. The van der Waals surface area contributed by atoms with Gasteiger partial charge in [-0.15, -0.1) is 0 Å². The van der Waals surface area contributed by atoms with Crippen molar-refractivity contribution in [3.63, 3.8) is 0 Å². The summed E-state index contributed by atoms with van der Waals surface area (Å²) in [7, 11) is 0. The predicted molar refractivity (Wildman–Crippen MR) is 53.0 cm³/mol. The van der Waals surface area contributed by atoms with Crippen molar-refractivity contribution in [3.8, 4) is 0 Å². The Labute approximate surface area is 81.3 Å². The fourth-order valence-corrected chi connectivity index (χ4v) is 0.918. The molecule has 0 aromatic carbocycles. The summed E-state index contributed by atoms with van der Waals surface area (Å²) < 4.78 is 0. The van der Waals surface area contributed by atoms with Crippen molar-refractivity contribution in [2.45, 2.75) is 13.0 Å². The van der Waals surface area contributed by atoms with Gasteiger partial charge in [0, 0.05) is 24.8 Å². The Kier molecular flexibility index (Phi) is 3.41. The number of nitrogens with two attached hydrogens (primary N) is 1. The van der Waals surface area contributed by atoms with Crippen LogP contribution in [0, 0.1) is 0 Å². The Bertz CT molecular complexity index is 352. The van der Waals surface area contributed by atoms with Gasteiger partial charge in [0.2, 0.25) is 5.56 Å². The third-order valence-corrected chi connectivity index (χ3v) is 1.78. The largest absolute Gasteiger partial charge is 0.348 e. The van der Waals surface area contributed by atoms with Gasteiger partial charge in [0.05, 0.1) is 5.56 Å². The number of pyridine rings is 1. The summed E-state index contributed by atoms with van der Waals surface area (Å²) in [5.41, 5.74) is 5.54. The second kappa shape index (κ2) is 4.57. The summed E-state index contributed by atoms with van der Waals surface area (Å²) >= 11 is 0. The lowest BCUT2D eigenvalue weighted by molar-refractivity contribution is 0.0941. The van der Waals surface area contributed by atoms with Crippen LogP contribution in [0.4, 0.5) is 0 Å². The number of hydrogen-bond acceptors (Lipinski definition) is 3. The van der Waals surface area contributed by atoms with E-state index in [0.717, 1.165) is 0 Å². The Morgan fingerprint density at radius 2 is 2.36 bits per heavy atom. The maximum absolute atomic E-state index is 11.4. The lowest BCUT2D eigenvalue weighted by Crippen LogP contribution is -2.37. The summed E-state index contributed by atoms with van der Waals surface area (Å²) in [4.78, 5) is 24.6. The molecule has 1 aromatic rings. The molecule has 0 unspecified atom stereocenters. The molecular weight excluding hydrogens is 182 g/mol. The first-order valence-electron chi connectivity index (χ1n) is 4.33. The van der Waals surface area contributed by atoms with Gasteiger partial charge in [-0.2, -0.15) is 0 Å². The Morgan fingerprint density at radius 1 is 1.64 bits per heavy atom. The SMILES string of the molecule is C[C@@H](CN)NC(=O)c1ccc(=O)[nH]c1. The van der Waals surface area contributed by atoms with Crippen molar-refractivity contribution in [2.75, 3.05) is 6.54 Å².